The zero-order valence-electron chi connectivity index (χ0n) is 15.5. The van der Waals surface area contributed by atoms with E-state index >= 15 is 0 Å². The zero-order chi connectivity index (χ0) is 17.5. The molecule has 25 heavy (non-hydrogen) atoms. The number of likely N-dealkylation sites (tertiary alicyclic amines) is 1. The van der Waals surface area contributed by atoms with Gasteiger partial charge in [-0.05, 0) is 50.0 Å². The van der Waals surface area contributed by atoms with Gasteiger partial charge in [0.15, 0.2) is 0 Å². The number of hydrogen-bond acceptors (Lipinski definition) is 3. The third-order valence-corrected chi connectivity index (χ3v) is 5.22. The standard InChI is InChI=1S/C22H30N2O/c1-3-24-14-8-12-21(24)16-23-15-19-10-6-7-13-22(19)25-17-20-11-5-4-9-18(20)2/h4-7,9-11,13,21,23H,3,8,12,14-17H2,1-2H3/t21-/m1/s1. The highest BCUT2D eigenvalue weighted by atomic mass is 16.5. The van der Waals surface area contributed by atoms with Crippen LogP contribution in [0.3, 0.4) is 0 Å². The Balaban J connectivity index is 1.55. The number of rotatable bonds is 8. The van der Waals surface area contributed by atoms with Crippen molar-refractivity contribution in [3.63, 3.8) is 0 Å². The van der Waals surface area contributed by atoms with E-state index in [-0.39, 0.29) is 0 Å². The normalized spacial score (nSPS) is 17.8. The van der Waals surface area contributed by atoms with Crippen molar-refractivity contribution in [1.29, 1.82) is 0 Å². The maximum absolute atomic E-state index is 6.12. The quantitative estimate of drug-likeness (QED) is 0.782. The van der Waals surface area contributed by atoms with E-state index in [4.69, 9.17) is 4.74 Å². The average molecular weight is 338 g/mol. The maximum Gasteiger partial charge on any atom is 0.124 e. The SMILES string of the molecule is CCN1CCC[C@@H]1CNCc1ccccc1OCc1ccccc1C. The lowest BCUT2D eigenvalue weighted by Gasteiger charge is -2.23. The average Bonchev–Trinajstić information content (AvgIpc) is 3.09. The highest BCUT2D eigenvalue weighted by molar-refractivity contribution is 5.34. The summed E-state index contributed by atoms with van der Waals surface area (Å²) in [6, 6.07) is 17.5. The van der Waals surface area contributed by atoms with Crippen molar-refractivity contribution in [3.05, 3.63) is 65.2 Å². The van der Waals surface area contributed by atoms with E-state index in [2.05, 4.69) is 66.5 Å². The molecule has 1 fully saturated rings. The van der Waals surface area contributed by atoms with Crippen molar-refractivity contribution in [2.75, 3.05) is 19.6 Å². The topological polar surface area (TPSA) is 24.5 Å². The van der Waals surface area contributed by atoms with E-state index in [1.807, 2.05) is 6.07 Å². The van der Waals surface area contributed by atoms with Crippen LogP contribution in [-0.2, 0) is 13.2 Å². The smallest absolute Gasteiger partial charge is 0.124 e. The molecule has 134 valence electrons. The first-order valence-corrected chi connectivity index (χ1v) is 9.48. The van der Waals surface area contributed by atoms with Crippen LogP contribution in [0.4, 0.5) is 0 Å². The Labute approximate surface area is 152 Å². The van der Waals surface area contributed by atoms with Crippen LogP contribution in [0.1, 0.15) is 36.5 Å². The van der Waals surface area contributed by atoms with E-state index in [1.54, 1.807) is 0 Å². The molecular weight excluding hydrogens is 308 g/mol. The number of ether oxygens (including phenoxy) is 1. The first-order valence-electron chi connectivity index (χ1n) is 9.48. The van der Waals surface area contributed by atoms with Gasteiger partial charge < -0.3 is 10.1 Å². The van der Waals surface area contributed by atoms with Crippen LogP contribution in [0.15, 0.2) is 48.5 Å². The van der Waals surface area contributed by atoms with Crippen LogP contribution in [0.5, 0.6) is 5.75 Å². The fourth-order valence-corrected chi connectivity index (χ4v) is 3.63. The lowest BCUT2D eigenvalue weighted by Crippen LogP contribution is -2.37. The van der Waals surface area contributed by atoms with Crippen LogP contribution in [-0.4, -0.2) is 30.6 Å². The Morgan fingerprint density at radius 2 is 1.84 bits per heavy atom. The molecule has 2 aromatic carbocycles. The van der Waals surface area contributed by atoms with Crippen LogP contribution < -0.4 is 10.1 Å². The minimum absolute atomic E-state index is 0.621. The minimum atomic E-state index is 0.621. The summed E-state index contributed by atoms with van der Waals surface area (Å²) < 4.78 is 6.12. The van der Waals surface area contributed by atoms with E-state index in [9.17, 15) is 0 Å². The summed E-state index contributed by atoms with van der Waals surface area (Å²) in [7, 11) is 0. The van der Waals surface area contributed by atoms with Crippen molar-refractivity contribution in [3.8, 4) is 5.75 Å². The van der Waals surface area contributed by atoms with Crippen molar-refractivity contribution in [2.45, 2.75) is 45.9 Å². The van der Waals surface area contributed by atoms with E-state index in [1.165, 1.54) is 36.1 Å². The maximum atomic E-state index is 6.12. The summed E-state index contributed by atoms with van der Waals surface area (Å²) in [4.78, 5) is 2.58. The Morgan fingerprint density at radius 1 is 1.08 bits per heavy atom. The predicted molar refractivity (Wildman–Crippen MR) is 104 cm³/mol. The number of para-hydroxylation sites is 1. The molecule has 2 aromatic rings. The molecule has 0 unspecified atom stereocenters. The van der Waals surface area contributed by atoms with Crippen LogP contribution in [0.25, 0.3) is 0 Å². The number of aryl methyl sites for hydroxylation is 1. The lowest BCUT2D eigenvalue weighted by atomic mass is 10.1. The van der Waals surface area contributed by atoms with Gasteiger partial charge in [0, 0.05) is 24.7 Å². The fourth-order valence-electron chi connectivity index (χ4n) is 3.63. The van der Waals surface area contributed by atoms with Crippen molar-refractivity contribution in [2.24, 2.45) is 0 Å². The molecule has 1 heterocycles. The summed E-state index contributed by atoms with van der Waals surface area (Å²) in [6.07, 6.45) is 2.64. The molecule has 1 saturated heterocycles. The highest BCUT2D eigenvalue weighted by Crippen LogP contribution is 2.21. The number of nitrogens with zero attached hydrogens (tertiary/aromatic N) is 1. The van der Waals surface area contributed by atoms with Gasteiger partial charge in [0.1, 0.15) is 12.4 Å². The first-order chi connectivity index (χ1) is 12.3. The van der Waals surface area contributed by atoms with Gasteiger partial charge in [-0.3, -0.25) is 4.90 Å². The molecule has 0 saturated carbocycles. The minimum Gasteiger partial charge on any atom is -0.489 e. The molecule has 3 nitrogen and oxygen atoms in total. The Bertz CT molecular complexity index is 671. The molecule has 1 aliphatic rings. The van der Waals surface area contributed by atoms with Crippen LogP contribution in [0, 0.1) is 6.92 Å². The molecule has 0 bridgehead atoms. The van der Waals surface area contributed by atoms with Gasteiger partial charge in [0.2, 0.25) is 0 Å². The molecule has 0 aromatic heterocycles. The highest BCUT2D eigenvalue weighted by Gasteiger charge is 2.22. The van der Waals surface area contributed by atoms with Crippen LogP contribution in [0.2, 0.25) is 0 Å². The van der Waals surface area contributed by atoms with Gasteiger partial charge in [-0.1, -0.05) is 49.4 Å². The molecule has 1 atom stereocenters. The number of benzene rings is 2. The molecule has 0 spiro atoms. The summed E-state index contributed by atoms with van der Waals surface area (Å²) >= 11 is 0. The molecular formula is C22H30N2O. The second kappa shape index (κ2) is 9.02. The van der Waals surface area contributed by atoms with Gasteiger partial charge in [0.05, 0.1) is 0 Å². The predicted octanol–water partition coefficient (Wildman–Crippen LogP) is 4.15. The molecule has 1 aliphatic heterocycles. The largest absolute Gasteiger partial charge is 0.489 e. The molecule has 0 radical (unpaired) electrons. The van der Waals surface area contributed by atoms with Gasteiger partial charge in [0.25, 0.3) is 0 Å². The number of nitrogens with one attached hydrogen (secondary N) is 1. The van der Waals surface area contributed by atoms with Gasteiger partial charge in [-0.15, -0.1) is 0 Å². The van der Waals surface area contributed by atoms with E-state index in [0.717, 1.165) is 25.4 Å². The van der Waals surface area contributed by atoms with Crippen LogP contribution >= 0.6 is 0 Å². The lowest BCUT2D eigenvalue weighted by molar-refractivity contribution is 0.259. The van der Waals surface area contributed by atoms with E-state index < -0.39 is 0 Å². The Morgan fingerprint density at radius 3 is 2.64 bits per heavy atom. The third-order valence-electron chi connectivity index (χ3n) is 5.22. The molecule has 1 N–H and O–H groups in total. The second-order valence-electron chi connectivity index (χ2n) is 6.88. The summed E-state index contributed by atoms with van der Waals surface area (Å²) in [5.41, 5.74) is 3.76. The Kier molecular flexibility index (Phi) is 6.48. The van der Waals surface area contributed by atoms with Gasteiger partial charge in [-0.2, -0.15) is 0 Å². The van der Waals surface area contributed by atoms with Gasteiger partial charge in [-0.25, -0.2) is 0 Å². The number of likely N-dealkylation sites (N-methyl/N-ethyl adjacent to an activating group) is 1. The molecule has 3 rings (SSSR count). The first kappa shape index (κ1) is 18.0. The number of hydrogen-bond donors (Lipinski definition) is 1. The van der Waals surface area contributed by atoms with E-state index in [0.29, 0.717) is 12.6 Å². The molecule has 0 aliphatic carbocycles. The second-order valence-corrected chi connectivity index (χ2v) is 6.88. The molecule has 3 heteroatoms. The van der Waals surface area contributed by atoms with Crippen molar-refractivity contribution >= 4 is 0 Å². The summed E-state index contributed by atoms with van der Waals surface area (Å²) in [6.45, 7) is 9.33. The van der Waals surface area contributed by atoms with Gasteiger partial charge >= 0.3 is 0 Å². The summed E-state index contributed by atoms with van der Waals surface area (Å²) in [5.74, 6) is 0.983. The molecule has 0 amide bonds. The van der Waals surface area contributed by atoms with Crippen molar-refractivity contribution < 1.29 is 4.74 Å². The monoisotopic (exact) mass is 338 g/mol. The van der Waals surface area contributed by atoms with Crippen molar-refractivity contribution in [1.82, 2.24) is 10.2 Å². The third kappa shape index (κ3) is 4.83. The summed E-state index contributed by atoms with van der Waals surface area (Å²) in [5, 5.41) is 3.64. The Hall–Kier alpha value is -1.84. The zero-order valence-corrected chi connectivity index (χ0v) is 15.5. The fraction of sp³-hybridized carbons (Fsp3) is 0.455.